The molecule has 148 valence electrons. The van der Waals surface area contributed by atoms with Gasteiger partial charge in [0.2, 0.25) is 0 Å². The predicted molar refractivity (Wildman–Crippen MR) is 113 cm³/mol. The lowest BCUT2D eigenvalue weighted by Crippen LogP contribution is -2.39. The van der Waals surface area contributed by atoms with Gasteiger partial charge < -0.3 is 4.74 Å². The highest BCUT2D eigenvalue weighted by molar-refractivity contribution is 7.18. The van der Waals surface area contributed by atoms with Crippen molar-refractivity contribution in [2.45, 2.75) is 33.2 Å². The van der Waals surface area contributed by atoms with Gasteiger partial charge in [0.25, 0.3) is 0 Å². The molecule has 0 aliphatic carbocycles. The predicted octanol–water partition coefficient (Wildman–Crippen LogP) is 4.10. The van der Waals surface area contributed by atoms with Crippen LogP contribution in [0.1, 0.15) is 37.2 Å². The van der Waals surface area contributed by atoms with Gasteiger partial charge in [-0.1, -0.05) is 13.0 Å². The SMILES string of the molecule is CCC(CF)NN(P)c1cnc(/C(C)=C(\C#N)c2cc(OC)ccc2C)nc1. The van der Waals surface area contributed by atoms with E-state index in [1.54, 1.807) is 24.3 Å². The number of alkyl halides is 1. The average molecular weight is 401 g/mol. The molecule has 1 N–H and O–H groups in total. The Morgan fingerprint density at radius 3 is 2.61 bits per heavy atom. The van der Waals surface area contributed by atoms with E-state index in [0.717, 1.165) is 11.1 Å². The molecule has 2 unspecified atom stereocenters. The van der Waals surface area contributed by atoms with E-state index in [2.05, 4.69) is 30.9 Å². The third-order valence-corrected chi connectivity index (χ3v) is 4.90. The van der Waals surface area contributed by atoms with E-state index in [-0.39, 0.29) is 6.04 Å². The molecule has 2 rings (SSSR count). The van der Waals surface area contributed by atoms with Crippen molar-refractivity contribution in [1.29, 1.82) is 5.26 Å². The molecular weight excluding hydrogens is 376 g/mol. The minimum Gasteiger partial charge on any atom is -0.497 e. The van der Waals surface area contributed by atoms with Crippen molar-refractivity contribution >= 4 is 26.2 Å². The molecule has 0 amide bonds. The molecule has 0 spiro atoms. The standard InChI is InChI=1S/C20H25FN5OP/c1-5-15(9-21)25-26(28)16-11-23-20(24-12-16)14(3)19(10-22)18-8-17(27-4)7-6-13(18)2/h6-8,11-12,15,25H,5,9,28H2,1-4H3/b19-14+. The molecule has 1 heterocycles. The molecule has 0 radical (unpaired) electrons. The maximum atomic E-state index is 12.9. The molecule has 2 aromatic rings. The molecular formula is C20H25FN5OP. The van der Waals surface area contributed by atoms with Gasteiger partial charge in [-0.15, -0.1) is 0 Å². The maximum absolute atomic E-state index is 12.9. The molecule has 28 heavy (non-hydrogen) atoms. The molecule has 2 atom stereocenters. The fourth-order valence-corrected chi connectivity index (χ4v) is 2.94. The second-order valence-corrected chi connectivity index (χ2v) is 6.83. The van der Waals surface area contributed by atoms with Gasteiger partial charge in [-0.25, -0.2) is 19.8 Å². The molecule has 0 saturated heterocycles. The molecule has 0 fully saturated rings. The summed E-state index contributed by atoms with van der Waals surface area (Å²) in [7, 11) is 4.07. The van der Waals surface area contributed by atoms with Crippen LogP contribution in [-0.4, -0.2) is 29.8 Å². The smallest absolute Gasteiger partial charge is 0.156 e. The van der Waals surface area contributed by atoms with E-state index in [1.807, 2.05) is 39.0 Å². The summed E-state index contributed by atoms with van der Waals surface area (Å²) in [6, 6.07) is 7.59. The summed E-state index contributed by atoms with van der Waals surface area (Å²) in [6.07, 6.45) is 3.92. The van der Waals surface area contributed by atoms with Gasteiger partial charge in [-0.2, -0.15) is 5.26 Å². The van der Waals surface area contributed by atoms with Crippen molar-refractivity contribution in [3.05, 3.63) is 47.5 Å². The Labute approximate surface area is 167 Å². The molecule has 0 saturated carbocycles. The number of methoxy groups -OCH3 is 1. The first kappa shape index (κ1) is 21.7. The van der Waals surface area contributed by atoms with E-state index in [9.17, 15) is 9.65 Å². The summed E-state index contributed by atoms with van der Waals surface area (Å²) in [5.74, 6) is 1.14. The number of ether oxygens (including phenoxy) is 1. The van der Waals surface area contributed by atoms with E-state index in [0.29, 0.717) is 34.8 Å². The second-order valence-electron chi connectivity index (χ2n) is 6.32. The monoisotopic (exact) mass is 401 g/mol. The summed E-state index contributed by atoms with van der Waals surface area (Å²) in [4.78, 5) is 8.77. The van der Waals surface area contributed by atoms with Gasteiger partial charge >= 0.3 is 0 Å². The zero-order valence-electron chi connectivity index (χ0n) is 16.5. The second kappa shape index (κ2) is 10.1. The average Bonchev–Trinajstić information content (AvgIpc) is 2.73. The Bertz CT molecular complexity index is 875. The highest BCUT2D eigenvalue weighted by Crippen LogP contribution is 2.29. The first-order valence-corrected chi connectivity index (χ1v) is 9.42. The van der Waals surface area contributed by atoms with Crippen LogP contribution in [0.5, 0.6) is 5.75 Å². The number of allylic oxidation sites excluding steroid dienone is 2. The lowest BCUT2D eigenvalue weighted by molar-refractivity contribution is 0.374. The van der Waals surface area contributed by atoms with E-state index >= 15 is 0 Å². The number of hydrazine groups is 1. The number of hydrogen-bond donors (Lipinski definition) is 1. The lowest BCUT2D eigenvalue weighted by Gasteiger charge is -2.24. The summed E-state index contributed by atoms with van der Waals surface area (Å²) in [6.45, 7) is 5.21. The Morgan fingerprint density at radius 2 is 2.07 bits per heavy atom. The van der Waals surface area contributed by atoms with Gasteiger partial charge in [0.15, 0.2) is 5.82 Å². The van der Waals surface area contributed by atoms with Crippen molar-refractivity contribution in [2.24, 2.45) is 0 Å². The lowest BCUT2D eigenvalue weighted by atomic mass is 9.97. The number of rotatable bonds is 8. The van der Waals surface area contributed by atoms with Crippen molar-refractivity contribution in [3.8, 4) is 11.8 Å². The van der Waals surface area contributed by atoms with Crippen LogP contribution in [0, 0.1) is 18.3 Å². The van der Waals surface area contributed by atoms with Crippen LogP contribution >= 0.6 is 9.39 Å². The number of hydrogen-bond acceptors (Lipinski definition) is 6. The highest BCUT2D eigenvalue weighted by atomic mass is 31.0. The minimum atomic E-state index is -0.465. The first-order chi connectivity index (χ1) is 13.4. The number of aryl methyl sites for hydroxylation is 1. The van der Waals surface area contributed by atoms with E-state index in [1.165, 1.54) is 0 Å². The van der Waals surface area contributed by atoms with Gasteiger partial charge in [0.1, 0.15) is 18.5 Å². The van der Waals surface area contributed by atoms with E-state index < -0.39 is 6.67 Å². The van der Waals surface area contributed by atoms with E-state index in [4.69, 9.17) is 4.74 Å². The highest BCUT2D eigenvalue weighted by Gasteiger charge is 2.14. The first-order valence-electron chi connectivity index (χ1n) is 8.90. The molecule has 0 bridgehead atoms. The number of aromatic nitrogens is 2. The Kier molecular flexibility index (Phi) is 7.86. The van der Waals surface area contributed by atoms with Crippen LogP contribution in [0.2, 0.25) is 0 Å². The third-order valence-electron chi connectivity index (χ3n) is 4.45. The van der Waals surface area contributed by atoms with Gasteiger partial charge in [0.05, 0.1) is 36.8 Å². The van der Waals surface area contributed by atoms with Crippen LogP contribution in [0.3, 0.4) is 0 Å². The molecule has 1 aromatic heterocycles. The number of nitrogens with one attached hydrogen (secondary N) is 1. The maximum Gasteiger partial charge on any atom is 0.156 e. The van der Waals surface area contributed by atoms with Crippen LogP contribution in [-0.2, 0) is 0 Å². The molecule has 8 heteroatoms. The number of nitriles is 1. The topological polar surface area (TPSA) is 74.1 Å². The Morgan fingerprint density at radius 1 is 1.39 bits per heavy atom. The summed E-state index contributed by atoms with van der Waals surface area (Å²) >= 11 is 0. The quantitative estimate of drug-likeness (QED) is 0.408. The molecule has 1 aromatic carbocycles. The van der Waals surface area contributed by atoms with Crippen LogP contribution in [0.15, 0.2) is 30.6 Å². The van der Waals surface area contributed by atoms with Gasteiger partial charge in [-0.3, -0.25) is 4.78 Å². The van der Waals surface area contributed by atoms with Crippen LogP contribution in [0.25, 0.3) is 11.1 Å². The van der Waals surface area contributed by atoms with Gasteiger partial charge in [-0.05, 0) is 52.9 Å². The third kappa shape index (κ3) is 5.03. The van der Waals surface area contributed by atoms with Crippen molar-refractivity contribution in [2.75, 3.05) is 18.6 Å². The Hall–Kier alpha value is -2.55. The molecule has 6 nitrogen and oxygen atoms in total. The summed E-state index contributed by atoms with van der Waals surface area (Å²) in [5, 5.41) is 9.73. The van der Waals surface area contributed by atoms with Crippen molar-refractivity contribution < 1.29 is 9.13 Å². The van der Waals surface area contributed by atoms with Crippen LogP contribution < -0.4 is 14.9 Å². The fraction of sp³-hybridized carbons (Fsp3) is 0.350. The fourth-order valence-electron chi connectivity index (χ4n) is 2.60. The number of anilines is 1. The summed E-state index contributed by atoms with van der Waals surface area (Å²) < 4.78 is 19.8. The van der Waals surface area contributed by atoms with Crippen molar-refractivity contribution in [1.82, 2.24) is 15.4 Å². The van der Waals surface area contributed by atoms with Crippen LogP contribution in [0.4, 0.5) is 10.1 Å². The number of benzene rings is 1. The van der Waals surface area contributed by atoms with Gasteiger partial charge in [0, 0.05) is 5.57 Å². The molecule has 0 aliphatic rings. The zero-order valence-corrected chi connectivity index (χ0v) is 17.7. The summed E-state index contributed by atoms with van der Waals surface area (Å²) in [5.41, 5.74) is 6.61. The molecule has 0 aliphatic heterocycles. The normalized spacial score (nSPS) is 12.8. The number of nitrogens with zero attached hydrogens (tertiary/aromatic N) is 4. The largest absolute Gasteiger partial charge is 0.497 e. The minimum absolute atomic E-state index is 0.278. The van der Waals surface area contributed by atoms with Crippen molar-refractivity contribution in [3.63, 3.8) is 0 Å². The number of halogens is 1. The Balaban J connectivity index is 2.34. The zero-order chi connectivity index (χ0) is 20.7.